The summed E-state index contributed by atoms with van der Waals surface area (Å²) in [4.78, 5) is 9.22. The zero-order chi connectivity index (χ0) is 15.4. The van der Waals surface area contributed by atoms with Crippen LogP contribution in [-0.4, -0.2) is 15.2 Å². The topological polar surface area (TPSA) is 49.6 Å². The standard InChI is InChI=1S/C17H25N3S/c1-5-6-14-7-8-15(10-18)16(9-14)21-17-19-12(3)11(2)13(4)20-17/h14-16H,5-9H2,1-4H3. The maximum atomic E-state index is 9.40. The molecule has 4 heteroatoms. The minimum absolute atomic E-state index is 0.147. The number of aryl methyl sites for hydroxylation is 2. The maximum Gasteiger partial charge on any atom is 0.188 e. The van der Waals surface area contributed by atoms with Crippen LogP contribution in [0.3, 0.4) is 0 Å². The Kier molecular flexibility index (Phi) is 5.64. The van der Waals surface area contributed by atoms with E-state index in [2.05, 4.69) is 29.9 Å². The smallest absolute Gasteiger partial charge is 0.188 e. The molecule has 3 nitrogen and oxygen atoms in total. The Morgan fingerprint density at radius 2 is 1.86 bits per heavy atom. The van der Waals surface area contributed by atoms with Crippen LogP contribution in [-0.2, 0) is 0 Å². The molecule has 0 saturated heterocycles. The highest BCUT2D eigenvalue weighted by Crippen LogP contribution is 2.40. The molecule has 1 aromatic heterocycles. The third-order valence-electron chi connectivity index (χ3n) is 4.63. The number of nitrogens with zero attached hydrogens (tertiary/aromatic N) is 3. The molecule has 0 bridgehead atoms. The van der Waals surface area contributed by atoms with Crippen molar-refractivity contribution in [1.82, 2.24) is 9.97 Å². The number of rotatable bonds is 4. The third-order valence-corrected chi connectivity index (χ3v) is 5.85. The molecule has 1 aromatic rings. The second-order valence-electron chi connectivity index (χ2n) is 6.16. The fraction of sp³-hybridized carbons (Fsp3) is 0.706. The molecule has 1 heterocycles. The molecule has 0 spiro atoms. The van der Waals surface area contributed by atoms with Crippen LogP contribution in [0.25, 0.3) is 0 Å². The van der Waals surface area contributed by atoms with Crippen LogP contribution in [0.1, 0.15) is 56.0 Å². The highest BCUT2D eigenvalue weighted by molar-refractivity contribution is 7.99. The lowest BCUT2D eigenvalue weighted by atomic mass is 9.80. The lowest BCUT2D eigenvalue weighted by Crippen LogP contribution is -2.26. The fourth-order valence-corrected chi connectivity index (χ4v) is 4.47. The molecule has 0 N–H and O–H groups in total. The molecule has 0 radical (unpaired) electrons. The quantitative estimate of drug-likeness (QED) is 0.763. The molecule has 1 saturated carbocycles. The summed E-state index contributed by atoms with van der Waals surface area (Å²) in [5.74, 6) is 0.915. The summed E-state index contributed by atoms with van der Waals surface area (Å²) in [5, 5.41) is 10.6. The van der Waals surface area contributed by atoms with Crippen molar-refractivity contribution < 1.29 is 0 Å². The number of hydrogen-bond donors (Lipinski definition) is 0. The second kappa shape index (κ2) is 7.26. The minimum Gasteiger partial charge on any atom is -0.228 e. The average molecular weight is 303 g/mol. The van der Waals surface area contributed by atoms with Crippen molar-refractivity contribution in [3.05, 3.63) is 17.0 Å². The molecule has 0 amide bonds. The normalized spacial score (nSPS) is 25.6. The van der Waals surface area contributed by atoms with E-state index < -0.39 is 0 Å². The third kappa shape index (κ3) is 3.97. The van der Waals surface area contributed by atoms with Gasteiger partial charge in [0.25, 0.3) is 0 Å². The van der Waals surface area contributed by atoms with Gasteiger partial charge in [0.2, 0.25) is 0 Å². The highest BCUT2D eigenvalue weighted by Gasteiger charge is 2.31. The predicted molar refractivity (Wildman–Crippen MR) is 87.2 cm³/mol. The first kappa shape index (κ1) is 16.3. The van der Waals surface area contributed by atoms with Gasteiger partial charge in [-0.2, -0.15) is 5.26 Å². The average Bonchev–Trinajstić information content (AvgIpc) is 2.45. The molecular weight excluding hydrogens is 278 g/mol. The van der Waals surface area contributed by atoms with Crippen LogP contribution < -0.4 is 0 Å². The van der Waals surface area contributed by atoms with E-state index in [0.29, 0.717) is 5.25 Å². The van der Waals surface area contributed by atoms with Gasteiger partial charge in [-0.15, -0.1) is 0 Å². The van der Waals surface area contributed by atoms with Crippen molar-refractivity contribution in [3.63, 3.8) is 0 Å². The Hall–Kier alpha value is -1.08. The molecule has 1 aliphatic rings. The van der Waals surface area contributed by atoms with Crippen LogP contribution in [0.15, 0.2) is 5.16 Å². The molecule has 114 valence electrons. The molecule has 3 atom stereocenters. The van der Waals surface area contributed by atoms with Gasteiger partial charge in [0.1, 0.15) is 0 Å². The second-order valence-corrected chi connectivity index (χ2v) is 7.37. The Labute approximate surface area is 132 Å². The van der Waals surface area contributed by atoms with Gasteiger partial charge in [0.05, 0.1) is 12.0 Å². The van der Waals surface area contributed by atoms with E-state index in [4.69, 9.17) is 0 Å². The molecule has 2 rings (SSSR count). The maximum absolute atomic E-state index is 9.40. The van der Waals surface area contributed by atoms with E-state index >= 15 is 0 Å². The number of thioether (sulfide) groups is 1. The van der Waals surface area contributed by atoms with Gasteiger partial charge in [-0.25, -0.2) is 9.97 Å². The van der Waals surface area contributed by atoms with Gasteiger partial charge in [-0.05, 0) is 51.5 Å². The van der Waals surface area contributed by atoms with E-state index in [1.165, 1.54) is 24.8 Å². The predicted octanol–water partition coefficient (Wildman–Crippen LogP) is 4.60. The van der Waals surface area contributed by atoms with Gasteiger partial charge in [0.15, 0.2) is 5.16 Å². The number of nitriles is 1. The van der Waals surface area contributed by atoms with E-state index in [9.17, 15) is 5.26 Å². The summed E-state index contributed by atoms with van der Waals surface area (Å²) in [6.45, 7) is 8.39. The van der Waals surface area contributed by atoms with Crippen LogP contribution in [0.5, 0.6) is 0 Å². The van der Waals surface area contributed by atoms with E-state index in [1.54, 1.807) is 11.8 Å². The Balaban J connectivity index is 2.13. The number of aromatic nitrogens is 2. The van der Waals surface area contributed by atoms with Crippen molar-refractivity contribution in [1.29, 1.82) is 5.26 Å². The molecule has 1 fully saturated rings. The van der Waals surface area contributed by atoms with Crippen molar-refractivity contribution >= 4 is 11.8 Å². The Morgan fingerprint density at radius 3 is 2.43 bits per heavy atom. The lowest BCUT2D eigenvalue weighted by molar-refractivity contribution is 0.306. The van der Waals surface area contributed by atoms with Crippen LogP contribution in [0.2, 0.25) is 0 Å². The molecule has 0 aliphatic heterocycles. The van der Waals surface area contributed by atoms with Crippen LogP contribution >= 0.6 is 11.8 Å². The van der Waals surface area contributed by atoms with Crippen molar-refractivity contribution in [3.8, 4) is 6.07 Å². The van der Waals surface area contributed by atoms with Crippen molar-refractivity contribution in [2.45, 2.75) is 70.2 Å². The first-order valence-corrected chi connectivity index (χ1v) is 8.81. The summed E-state index contributed by atoms with van der Waals surface area (Å²) >= 11 is 1.72. The van der Waals surface area contributed by atoms with Crippen LogP contribution in [0, 0.1) is 43.9 Å². The molecular formula is C17H25N3S. The number of hydrogen-bond acceptors (Lipinski definition) is 4. The zero-order valence-electron chi connectivity index (χ0n) is 13.5. The molecule has 1 aliphatic carbocycles. The van der Waals surface area contributed by atoms with E-state index in [1.807, 2.05) is 13.8 Å². The largest absolute Gasteiger partial charge is 0.228 e. The van der Waals surface area contributed by atoms with Gasteiger partial charge < -0.3 is 0 Å². The Bertz CT molecular complexity index is 512. The minimum atomic E-state index is 0.147. The molecule has 0 aromatic carbocycles. The zero-order valence-corrected chi connectivity index (χ0v) is 14.3. The van der Waals surface area contributed by atoms with Gasteiger partial charge >= 0.3 is 0 Å². The van der Waals surface area contributed by atoms with Crippen molar-refractivity contribution in [2.24, 2.45) is 11.8 Å². The van der Waals surface area contributed by atoms with E-state index in [0.717, 1.165) is 35.3 Å². The molecule has 21 heavy (non-hydrogen) atoms. The van der Waals surface area contributed by atoms with Crippen LogP contribution in [0.4, 0.5) is 0 Å². The van der Waals surface area contributed by atoms with Gasteiger partial charge in [-0.3, -0.25) is 0 Å². The Morgan fingerprint density at radius 1 is 1.19 bits per heavy atom. The van der Waals surface area contributed by atoms with Gasteiger partial charge in [0, 0.05) is 16.6 Å². The lowest BCUT2D eigenvalue weighted by Gasteiger charge is -2.31. The summed E-state index contributed by atoms with van der Waals surface area (Å²) in [6, 6.07) is 2.50. The molecule has 3 unspecified atom stereocenters. The summed E-state index contributed by atoms with van der Waals surface area (Å²) < 4.78 is 0. The first-order chi connectivity index (χ1) is 10.0. The summed E-state index contributed by atoms with van der Waals surface area (Å²) in [6.07, 6.45) is 5.88. The monoisotopic (exact) mass is 303 g/mol. The summed E-state index contributed by atoms with van der Waals surface area (Å²) in [5.41, 5.74) is 3.28. The highest BCUT2D eigenvalue weighted by atomic mass is 32.2. The first-order valence-electron chi connectivity index (χ1n) is 7.93. The SMILES string of the molecule is CCCC1CCC(C#N)C(Sc2nc(C)c(C)c(C)n2)C1. The summed E-state index contributed by atoms with van der Waals surface area (Å²) in [7, 11) is 0. The van der Waals surface area contributed by atoms with E-state index in [-0.39, 0.29) is 5.92 Å². The fourth-order valence-electron chi connectivity index (χ4n) is 3.09. The van der Waals surface area contributed by atoms with Gasteiger partial charge in [-0.1, -0.05) is 31.5 Å². The van der Waals surface area contributed by atoms with Crippen molar-refractivity contribution in [2.75, 3.05) is 0 Å².